The Balaban J connectivity index is 2.92. The molecule has 0 rings (SSSR count). The molecule has 0 unspecified atom stereocenters. The maximum atomic E-state index is 5.44. The molecule has 0 aliphatic carbocycles. The molecule has 5 heteroatoms. The van der Waals surface area contributed by atoms with Gasteiger partial charge >= 0.3 is 0 Å². The maximum Gasteiger partial charge on any atom is 0.0701 e. The van der Waals surface area contributed by atoms with Crippen LogP contribution in [0.1, 0.15) is 27.2 Å². The number of ether oxygens (including phenoxy) is 5. The van der Waals surface area contributed by atoms with Gasteiger partial charge in [0.15, 0.2) is 0 Å². The number of hydrogen-bond donors (Lipinski definition) is 0. The monoisotopic (exact) mass is 292 g/mol. The van der Waals surface area contributed by atoms with Crippen LogP contribution in [-0.2, 0) is 23.7 Å². The van der Waals surface area contributed by atoms with Crippen molar-refractivity contribution in [2.24, 2.45) is 5.92 Å². The lowest BCUT2D eigenvalue weighted by molar-refractivity contribution is -0.0108. The Morgan fingerprint density at radius 1 is 0.550 bits per heavy atom. The van der Waals surface area contributed by atoms with Crippen molar-refractivity contribution in [3.63, 3.8) is 0 Å². The van der Waals surface area contributed by atoms with Gasteiger partial charge < -0.3 is 23.7 Å². The van der Waals surface area contributed by atoms with Crippen molar-refractivity contribution in [1.29, 1.82) is 0 Å². The third-order valence-corrected chi connectivity index (χ3v) is 2.53. The van der Waals surface area contributed by atoms with E-state index >= 15 is 0 Å². The minimum absolute atomic E-state index is 0.598. The van der Waals surface area contributed by atoms with E-state index in [2.05, 4.69) is 13.8 Å². The summed E-state index contributed by atoms with van der Waals surface area (Å²) in [5, 5.41) is 0. The second-order valence-electron chi connectivity index (χ2n) is 4.83. The molecule has 0 heterocycles. The molecule has 122 valence electrons. The molecule has 0 radical (unpaired) electrons. The van der Waals surface area contributed by atoms with Gasteiger partial charge in [0.25, 0.3) is 0 Å². The maximum absolute atomic E-state index is 5.44. The van der Waals surface area contributed by atoms with Crippen molar-refractivity contribution in [2.75, 3.05) is 66.1 Å². The lowest BCUT2D eigenvalue weighted by atomic mass is 10.1. The summed E-state index contributed by atoms with van der Waals surface area (Å²) in [4.78, 5) is 0. The predicted octanol–water partition coefficient (Wildman–Crippen LogP) is 2.14. The molecule has 0 N–H and O–H groups in total. The van der Waals surface area contributed by atoms with Crippen LogP contribution in [0, 0.1) is 5.92 Å². The fourth-order valence-corrected chi connectivity index (χ4v) is 1.34. The summed E-state index contributed by atoms with van der Waals surface area (Å²) < 4.78 is 26.7. The van der Waals surface area contributed by atoms with Crippen molar-refractivity contribution < 1.29 is 23.7 Å². The molecule has 0 aliphatic rings. The standard InChI is InChI=1S/C15H32O5/c1-4-16-7-8-18-11-12-20-14-13-19-10-9-17-6-5-15(2)3/h15H,4-14H2,1-3H3. The van der Waals surface area contributed by atoms with E-state index in [9.17, 15) is 0 Å². The molecule has 20 heavy (non-hydrogen) atoms. The summed E-state index contributed by atoms with van der Waals surface area (Å²) in [5.41, 5.74) is 0. The van der Waals surface area contributed by atoms with Crippen molar-refractivity contribution in [1.82, 2.24) is 0 Å². The van der Waals surface area contributed by atoms with Gasteiger partial charge in [0.2, 0.25) is 0 Å². The molecule has 0 bridgehead atoms. The van der Waals surface area contributed by atoms with E-state index in [-0.39, 0.29) is 0 Å². The predicted molar refractivity (Wildman–Crippen MR) is 79.2 cm³/mol. The molecule has 0 saturated carbocycles. The first-order chi connectivity index (χ1) is 9.77. The largest absolute Gasteiger partial charge is 0.379 e. The summed E-state index contributed by atoms with van der Waals surface area (Å²) in [6, 6.07) is 0. The van der Waals surface area contributed by atoms with Crippen molar-refractivity contribution in [3.8, 4) is 0 Å². The second kappa shape index (κ2) is 16.9. The summed E-state index contributed by atoms with van der Waals surface area (Å²) in [5.74, 6) is 0.695. The zero-order valence-electron chi connectivity index (χ0n) is 13.4. The van der Waals surface area contributed by atoms with Crippen LogP contribution >= 0.6 is 0 Å². The topological polar surface area (TPSA) is 46.2 Å². The van der Waals surface area contributed by atoms with E-state index in [0.29, 0.717) is 58.8 Å². The molecule has 0 fully saturated rings. The van der Waals surface area contributed by atoms with Gasteiger partial charge in [-0.2, -0.15) is 0 Å². The minimum atomic E-state index is 0.598. The molecule has 0 amide bonds. The Hall–Kier alpha value is -0.200. The van der Waals surface area contributed by atoms with Gasteiger partial charge in [0.05, 0.1) is 52.9 Å². The van der Waals surface area contributed by atoms with Gasteiger partial charge in [0, 0.05) is 13.2 Å². The first-order valence-corrected chi connectivity index (χ1v) is 7.66. The average molecular weight is 292 g/mol. The number of hydrogen-bond acceptors (Lipinski definition) is 5. The van der Waals surface area contributed by atoms with Gasteiger partial charge in [0.1, 0.15) is 0 Å². The van der Waals surface area contributed by atoms with E-state index in [0.717, 1.165) is 19.6 Å². The summed E-state index contributed by atoms with van der Waals surface area (Å²) in [7, 11) is 0. The average Bonchev–Trinajstić information content (AvgIpc) is 2.43. The van der Waals surface area contributed by atoms with Crippen LogP contribution in [0.5, 0.6) is 0 Å². The highest BCUT2D eigenvalue weighted by atomic mass is 16.6. The third-order valence-electron chi connectivity index (χ3n) is 2.53. The lowest BCUT2D eigenvalue weighted by Gasteiger charge is -2.08. The number of rotatable bonds is 16. The summed E-state index contributed by atoms with van der Waals surface area (Å²) in [6.07, 6.45) is 1.10. The minimum Gasteiger partial charge on any atom is -0.379 e. The first-order valence-electron chi connectivity index (χ1n) is 7.66. The Labute approximate surface area is 123 Å². The molecular weight excluding hydrogens is 260 g/mol. The Bertz CT molecular complexity index is 176. The SMILES string of the molecule is CCOCCOCCOCCOCCOCCC(C)C. The highest BCUT2D eigenvalue weighted by Gasteiger charge is 1.95. The highest BCUT2D eigenvalue weighted by molar-refractivity contribution is 4.42. The quantitative estimate of drug-likeness (QED) is 0.408. The van der Waals surface area contributed by atoms with Crippen LogP contribution in [0.2, 0.25) is 0 Å². The van der Waals surface area contributed by atoms with Crippen LogP contribution in [-0.4, -0.2) is 66.1 Å². The smallest absolute Gasteiger partial charge is 0.0701 e. The van der Waals surface area contributed by atoms with Crippen molar-refractivity contribution in [3.05, 3.63) is 0 Å². The van der Waals surface area contributed by atoms with E-state index in [1.807, 2.05) is 6.92 Å². The van der Waals surface area contributed by atoms with Crippen LogP contribution in [0.25, 0.3) is 0 Å². The van der Waals surface area contributed by atoms with Crippen LogP contribution in [0.4, 0.5) is 0 Å². The summed E-state index contributed by atoms with van der Waals surface area (Å²) in [6.45, 7) is 12.9. The zero-order valence-corrected chi connectivity index (χ0v) is 13.4. The van der Waals surface area contributed by atoms with Crippen molar-refractivity contribution in [2.45, 2.75) is 27.2 Å². The normalized spacial score (nSPS) is 11.4. The van der Waals surface area contributed by atoms with Crippen molar-refractivity contribution >= 4 is 0 Å². The fourth-order valence-electron chi connectivity index (χ4n) is 1.34. The molecule has 0 aromatic carbocycles. The molecule has 0 saturated heterocycles. The van der Waals surface area contributed by atoms with Crippen LogP contribution in [0.15, 0.2) is 0 Å². The van der Waals surface area contributed by atoms with E-state index in [1.165, 1.54) is 0 Å². The molecule has 5 nitrogen and oxygen atoms in total. The van der Waals surface area contributed by atoms with Crippen LogP contribution in [0.3, 0.4) is 0 Å². The van der Waals surface area contributed by atoms with E-state index in [1.54, 1.807) is 0 Å². The third kappa shape index (κ3) is 17.8. The Morgan fingerprint density at radius 2 is 0.900 bits per heavy atom. The van der Waals surface area contributed by atoms with Crippen LogP contribution < -0.4 is 0 Å². The fraction of sp³-hybridized carbons (Fsp3) is 1.00. The Morgan fingerprint density at radius 3 is 1.25 bits per heavy atom. The molecule has 0 aliphatic heterocycles. The van der Waals surface area contributed by atoms with E-state index in [4.69, 9.17) is 23.7 Å². The molecule has 0 aromatic heterocycles. The van der Waals surface area contributed by atoms with Gasteiger partial charge in [-0.05, 0) is 19.3 Å². The molecule has 0 spiro atoms. The lowest BCUT2D eigenvalue weighted by Crippen LogP contribution is -2.13. The first kappa shape index (κ1) is 19.8. The molecular formula is C15H32O5. The molecule has 0 aromatic rings. The van der Waals surface area contributed by atoms with Gasteiger partial charge in [-0.25, -0.2) is 0 Å². The summed E-state index contributed by atoms with van der Waals surface area (Å²) >= 11 is 0. The Kier molecular flexibility index (Phi) is 16.7. The molecule has 0 atom stereocenters. The highest BCUT2D eigenvalue weighted by Crippen LogP contribution is 1.98. The second-order valence-corrected chi connectivity index (χ2v) is 4.83. The van der Waals surface area contributed by atoms with Gasteiger partial charge in [-0.1, -0.05) is 13.8 Å². The zero-order chi connectivity index (χ0) is 14.9. The van der Waals surface area contributed by atoms with Gasteiger partial charge in [-0.15, -0.1) is 0 Å². The van der Waals surface area contributed by atoms with E-state index < -0.39 is 0 Å². The van der Waals surface area contributed by atoms with Gasteiger partial charge in [-0.3, -0.25) is 0 Å².